The summed E-state index contributed by atoms with van der Waals surface area (Å²) >= 11 is 0. The van der Waals surface area contributed by atoms with Crippen molar-refractivity contribution in [2.45, 2.75) is 55.0 Å². The Morgan fingerprint density at radius 1 is 0.551 bits per heavy atom. The van der Waals surface area contributed by atoms with E-state index < -0.39 is 35.2 Å². The maximum atomic E-state index is 13.4. The molecule has 2 amide bonds. The lowest BCUT2D eigenvalue weighted by Gasteiger charge is -2.27. The summed E-state index contributed by atoms with van der Waals surface area (Å²) in [4.78, 5) is 50.2. The zero-order chi connectivity index (χ0) is 34.2. The van der Waals surface area contributed by atoms with E-state index in [-0.39, 0.29) is 57.2 Å². The summed E-state index contributed by atoms with van der Waals surface area (Å²) in [7, 11) is 0. The van der Waals surface area contributed by atoms with E-state index in [1.807, 2.05) is 97.1 Å². The Labute approximate surface area is 283 Å². The number of alkyl carbamates (subject to hydrolysis) is 2. The lowest BCUT2D eigenvalue weighted by atomic mass is 9.98. The van der Waals surface area contributed by atoms with Crippen LogP contribution in [-0.2, 0) is 19.1 Å². The lowest BCUT2D eigenvalue weighted by Crippen LogP contribution is -2.52. The van der Waals surface area contributed by atoms with E-state index in [4.69, 9.17) is 9.47 Å². The molecule has 0 spiro atoms. The van der Waals surface area contributed by atoms with Crippen molar-refractivity contribution in [1.29, 1.82) is 0 Å². The smallest absolute Gasteiger partial charge is 0.407 e. The highest BCUT2D eigenvalue weighted by Gasteiger charge is 2.69. The number of aliphatic carboxylic acids is 2. The van der Waals surface area contributed by atoms with Gasteiger partial charge >= 0.3 is 24.1 Å². The van der Waals surface area contributed by atoms with Crippen molar-refractivity contribution in [2.75, 3.05) is 13.2 Å². The molecular weight excluding hydrogens is 624 g/mol. The molecule has 0 aliphatic heterocycles. The zero-order valence-corrected chi connectivity index (χ0v) is 26.7. The first-order valence-corrected chi connectivity index (χ1v) is 16.4. The van der Waals surface area contributed by atoms with E-state index in [0.717, 1.165) is 44.5 Å². The number of carboxylic acid groups (broad SMARTS) is 2. The van der Waals surface area contributed by atoms with Gasteiger partial charge in [-0.15, -0.1) is 0 Å². The molecular formula is C39H36N2O8. The number of carbonyl (C=O) groups is 4. The van der Waals surface area contributed by atoms with Crippen LogP contribution in [0, 0.1) is 0 Å². The van der Waals surface area contributed by atoms with Crippen molar-refractivity contribution in [1.82, 2.24) is 10.6 Å². The second-order valence-corrected chi connectivity index (χ2v) is 13.0. The summed E-state index contributed by atoms with van der Waals surface area (Å²) in [6.45, 7) is 0.0770. The number of ether oxygens (including phenoxy) is 2. The second-order valence-electron chi connectivity index (χ2n) is 13.0. The van der Waals surface area contributed by atoms with Crippen LogP contribution in [0.1, 0.15) is 66.2 Å². The molecule has 49 heavy (non-hydrogen) atoms. The number of amides is 2. The molecule has 4 aromatic rings. The van der Waals surface area contributed by atoms with E-state index in [0.29, 0.717) is 0 Å². The fourth-order valence-electron chi connectivity index (χ4n) is 7.88. The Kier molecular flexibility index (Phi) is 8.32. The van der Waals surface area contributed by atoms with Gasteiger partial charge in [-0.05, 0) is 63.8 Å². The highest BCUT2D eigenvalue weighted by Crippen LogP contribution is 2.54. The van der Waals surface area contributed by atoms with E-state index in [1.54, 1.807) is 0 Å². The minimum Gasteiger partial charge on any atom is -0.481 e. The number of hydrogen-bond donors (Lipinski definition) is 4. The first-order valence-electron chi connectivity index (χ1n) is 16.4. The summed E-state index contributed by atoms with van der Waals surface area (Å²) in [5.74, 6) is -2.56. The minimum absolute atomic E-state index is 0.0385. The maximum absolute atomic E-state index is 13.4. The van der Waals surface area contributed by atoms with Crippen LogP contribution in [0.4, 0.5) is 9.59 Å². The Bertz CT molecular complexity index is 1730. The number of carbonyl (C=O) groups excluding carboxylic acids is 2. The number of nitrogens with one attached hydrogen (secondary N) is 2. The third-order valence-electron chi connectivity index (χ3n) is 10.3. The molecule has 3 aliphatic carbocycles. The largest absolute Gasteiger partial charge is 0.481 e. The van der Waals surface area contributed by atoms with Crippen LogP contribution in [0.3, 0.4) is 0 Å². The molecule has 0 saturated heterocycles. The van der Waals surface area contributed by atoms with E-state index in [1.165, 1.54) is 0 Å². The molecule has 1 fully saturated rings. The van der Waals surface area contributed by atoms with Gasteiger partial charge in [-0.25, -0.2) is 9.59 Å². The van der Waals surface area contributed by atoms with Crippen LogP contribution in [0.5, 0.6) is 0 Å². The van der Waals surface area contributed by atoms with Gasteiger partial charge in [0.15, 0.2) is 0 Å². The van der Waals surface area contributed by atoms with Crippen molar-refractivity contribution in [3.8, 4) is 22.3 Å². The van der Waals surface area contributed by atoms with Gasteiger partial charge < -0.3 is 30.3 Å². The third-order valence-corrected chi connectivity index (χ3v) is 10.3. The van der Waals surface area contributed by atoms with Gasteiger partial charge in [0, 0.05) is 24.7 Å². The molecule has 2 atom stereocenters. The number of carboxylic acids is 2. The predicted molar refractivity (Wildman–Crippen MR) is 180 cm³/mol. The van der Waals surface area contributed by atoms with E-state index in [9.17, 15) is 29.4 Å². The number of benzene rings is 4. The number of fused-ring (bicyclic) bond motifs is 6. The van der Waals surface area contributed by atoms with Gasteiger partial charge in [-0.2, -0.15) is 0 Å². The molecule has 0 aromatic heterocycles. The van der Waals surface area contributed by atoms with Gasteiger partial charge in [0.2, 0.25) is 0 Å². The average Bonchev–Trinajstić information content (AvgIpc) is 3.40. The normalized spacial score (nSPS) is 19.9. The molecule has 1 saturated carbocycles. The summed E-state index contributed by atoms with van der Waals surface area (Å²) in [6.07, 6.45) is -2.16. The minimum atomic E-state index is -1.25. The Hall–Kier alpha value is -5.64. The van der Waals surface area contributed by atoms with Gasteiger partial charge in [-0.3, -0.25) is 9.59 Å². The SMILES string of the molecule is O=C(O)CC[C@@]1(NC(=O)OCC2c3ccccc3-c3ccccc32)C[C@]1(CCC(=O)O)NC(=O)OCC1c2ccccc2-c2ccccc21. The monoisotopic (exact) mass is 660 g/mol. The highest BCUT2D eigenvalue weighted by atomic mass is 16.6. The molecule has 10 heteroatoms. The number of hydrogen-bond acceptors (Lipinski definition) is 6. The van der Waals surface area contributed by atoms with E-state index in [2.05, 4.69) is 10.6 Å². The molecule has 250 valence electrons. The fraction of sp³-hybridized carbons (Fsp3) is 0.282. The van der Waals surface area contributed by atoms with Crippen LogP contribution >= 0.6 is 0 Å². The van der Waals surface area contributed by atoms with Gasteiger partial charge in [-0.1, -0.05) is 97.1 Å². The van der Waals surface area contributed by atoms with Crippen molar-refractivity contribution in [3.63, 3.8) is 0 Å². The quantitative estimate of drug-likeness (QED) is 0.132. The molecule has 0 unspecified atom stereocenters. The van der Waals surface area contributed by atoms with Gasteiger partial charge in [0.1, 0.15) is 13.2 Å². The summed E-state index contributed by atoms with van der Waals surface area (Å²) in [5, 5.41) is 24.8. The van der Waals surface area contributed by atoms with E-state index >= 15 is 0 Å². The standard InChI is InChI=1S/C39H36N2O8/c42-34(43)17-19-38(40-36(46)48-21-32-28-13-5-1-9-24(28)25-10-2-6-14-29(25)32)23-39(38,20-18-35(44)45)41-37(47)49-22-33-30-15-7-3-11-26(30)27-12-4-8-16-31(27)33/h1-16,32-33H,17-23H2,(H,40,46)(H,41,47)(H,42,43)(H,44,45)/t38-,39+. The molecule has 4 N–H and O–H groups in total. The molecule has 0 radical (unpaired) electrons. The maximum Gasteiger partial charge on any atom is 0.407 e. The fourth-order valence-corrected chi connectivity index (χ4v) is 7.88. The van der Waals surface area contributed by atoms with Crippen molar-refractivity contribution in [3.05, 3.63) is 119 Å². The average molecular weight is 661 g/mol. The van der Waals surface area contributed by atoms with Crippen LogP contribution in [0.25, 0.3) is 22.3 Å². The first-order chi connectivity index (χ1) is 23.7. The highest BCUT2D eigenvalue weighted by molar-refractivity contribution is 5.81. The first kappa shape index (κ1) is 31.9. The molecule has 7 rings (SSSR count). The van der Waals surface area contributed by atoms with Crippen molar-refractivity contribution in [2.24, 2.45) is 0 Å². The van der Waals surface area contributed by atoms with Crippen molar-refractivity contribution < 1.29 is 38.9 Å². The van der Waals surface area contributed by atoms with Crippen LogP contribution < -0.4 is 10.6 Å². The van der Waals surface area contributed by atoms with Crippen molar-refractivity contribution >= 4 is 24.1 Å². The molecule has 4 aromatic carbocycles. The molecule has 0 bridgehead atoms. The molecule has 3 aliphatic rings. The Morgan fingerprint density at radius 2 is 0.857 bits per heavy atom. The Morgan fingerprint density at radius 3 is 1.16 bits per heavy atom. The summed E-state index contributed by atoms with van der Waals surface area (Å²) in [5.41, 5.74) is 5.95. The van der Waals surface area contributed by atoms with Gasteiger partial charge in [0.25, 0.3) is 0 Å². The number of rotatable bonds is 12. The summed E-state index contributed by atoms with van der Waals surface area (Å²) in [6, 6.07) is 31.8. The van der Waals surface area contributed by atoms with Crippen LogP contribution in [0.2, 0.25) is 0 Å². The lowest BCUT2D eigenvalue weighted by molar-refractivity contribution is -0.138. The van der Waals surface area contributed by atoms with Crippen LogP contribution in [0.15, 0.2) is 97.1 Å². The van der Waals surface area contributed by atoms with Crippen LogP contribution in [-0.4, -0.2) is 58.6 Å². The zero-order valence-electron chi connectivity index (χ0n) is 26.7. The predicted octanol–water partition coefficient (Wildman–Crippen LogP) is 6.67. The summed E-state index contributed by atoms with van der Waals surface area (Å²) < 4.78 is 11.5. The Balaban J connectivity index is 1.07. The third kappa shape index (κ3) is 5.99. The second kappa shape index (κ2) is 12.8. The van der Waals surface area contributed by atoms with Gasteiger partial charge in [0.05, 0.1) is 11.1 Å². The molecule has 10 nitrogen and oxygen atoms in total. The molecule has 0 heterocycles. The topological polar surface area (TPSA) is 151 Å².